The van der Waals surface area contributed by atoms with E-state index in [0.717, 1.165) is 47.3 Å². The van der Waals surface area contributed by atoms with Crippen LogP contribution in [0.4, 0.5) is 11.4 Å². The first-order chi connectivity index (χ1) is 14.7. The predicted octanol–water partition coefficient (Wildman–Crippen LogP) is 4.92. The fraction of sp³-hybridized carbons (Fsp3) is 0.273. The van der Waals surface area contributed by atoms with Gasteiger partial charge < -0.3 is 19.9 Å². The summed E-state index contributed by atoms with van der Waals surface area (Å²) in [7, 11) is 0. The van der Waals surface area contributed by atoms with E-state index >= 15 is 0 Å². The molecule has 1 aromatic carbocycles. The Morgan fingerprint density at radius 2 is 1.87 bits per heavy atom. The topological polar surface area (TPSA) is 40.6 Å². The number of aromatic nitrogens is 1. The van der Waals surface area contributed by atoms with Crippen molar-refractivity contribution in [2.75, 3.05) is 36.1 Å². The number of thiocarbonyl (C=S) groups is 1. The van der Waals surface area contributed by atoms with Gasteiger partial charge >= 0.3 is 0 Å². The monoisotopic (exact) mass is 500 g/mol. The molecule has 5 nitrogen and oxygen atoms in total. The van der Waals surface area contributed by atoms with Crippen LogP contribution in [0, 0.1) is 0 Å². The number of hydrogen-bond acceptors (Lipinski definition) is 5. The molecule has 0 aliphatic carbocycles. The molecule has 0 saturated carbocycles. The zero-order chi connectivity index (χ0) is 20.5. The first kappa shape index (κ1) is 19.9. The number of morpholine rings is 1. The van der Waals surface area contributed by atoms with Crippen molar-refractivity contribution in [3.05, 3.63) is 75.2 Å². The summed E-state index contributed by atoms with van der Waals surface area (Å²) in [6.07, 6.45) is 1.83. The summed E-state index contributed by atoms with van der Waals surface area (Å²) in [6.45, 7) is 3.42. The number of rotatable bonds is 4. The molecule has 0 radical (unpaired) electrons. The van der Waals surface area contributed by atoms with Gasteiger partial charge in [-0.25, -0.2) is 0 Å². The smallest absolute Gasteiger partial charge is 0.174 e. The third-order valence-corrected chi connectivity index (χ3v) is 7.56. The number of nitrogens with zero attached hydrogens (tertiary/aromatic N) is 3. The van der Waals surface area contributed by atoms with Gasteiger partial charge in [0, 0.05) is 45.4 Å². The zero-order valence-corrected chi connectivity index (χ0v) is 19.4. The molecule has 154 valence electrons. The maximum absolute atomic E-state index is 5.79. The highest BCUT2D eigenvalue weighted by Gasteiger charge is 2.41. The summed E-state index contributed by atoms with van der Waals surface area (Å²) in [5, 5.41) is 6.35. The second kappa shape index (κ2) is 8.63. The SMILES string of the molecule is S=C1N[C@@H](c2ccccn2)[C@@H](c2cc(Br)cs2)N1c1ccc(N2CCOCC2)cc1. The van der Waals surface area contributed by atoms with Crippen molar-refractivity contribution >= 4 is 56.0 Å². The van der Waals surface area contributed by atoms with Crippen LogP contribution in [0.3, 0.4) is 0 Å². The number of hydrogen-bond donors (Lipinski definition) is 1. The number of anilines is 2. The van der Waals surface area contributed by atoms with Crippen LogP contribution in [0.25, 0.3) is 0 Å². The summed E-state index contributed by atoms with van der Waals surface area (Å²) in [6, 6.07) is 16.9. The number of benzene rings is 1. The van der Waals surface area contributed by atoms with Crippen molar-refractivity contribution in [2.24, 2.45) is 0 Å². The molecule has 2 aromatic heterocycles. The Balaban J connectivity index is 1.50. The third kappa shape index (κ3) is 3.85. The molecule has 5 rings (SSSR count). The largest absolute Gasteiger partial charge is 0.378 e. The molecule has 1 N–H and O–H groups in total. The lowest BCUT2D eigenvalue weighted by Crippen LogP contribution is -2.36. The fourth-order valence-corrected chi connectivity index (χ4v) is 5.97. The molecule has 2 atom stereocenters. The fourth-order valence-electron chi connectivity index (χ4n) is 4.05. The molecule has 2 saturated heterocycles. The highest BCUT2D eigenvalue weighted by molar-refractivity contribution is 9.10. The maximum atomic E-state index is 5.79. The van der Waals surface area contributed by atoms with Crippen molar-refractivity contribution in [1.29, 1.82) is 0 Å². The molecule has 30 heavy (non-hydrogen) atoms. The van der Waals surface area contributed by atoms with Gasteiger partial charge in [-0.1, -0.05) is 6.07 Å². The average molecular weight is 501 g/mol. The molecular weight excluding hydrogens is 480 g/mol. The Kier molecular flexibility index (Phi) is 5.73. The minimum atomic E-state index is -0.0110. The number of ether oxygens (including phenoxy) is 1. The van der Waals surface area contributed by atoms with Gasteiger partial charge in [-0.3, -0.25) is 4.98 Å². The molecule has 2 fully saturated rings. The lowest BCUT2D eigenvalue weighted by Gasteiger charge is -2.30. The highest BCUT2D eigenvalue weighted by atomic mass is 79.9. The van der Waals surface area contributed by atoms with Gasteiger partial charge in [-0.15, -0.1) is 11.3 Å². The minimum Gasteiger partial charge on any atom is -0.378 e. The van der Waals surface area contributed by atoms with Crippen molar-refractivity contribution < 1.29 is 4.74 Å². The average Bonchev–Trinajstić information content (AvgIpc) is 3.38. The highest BCUT2D eigenvalue weighted by Crippen LogP contribution is 2.44. The minimum absolute atomic E-state index is 0.0110. The van der Waals surface area contributed by atoms with Crippen LogP contribution in [-0.4, -0.2) is 36.4 Å². The van der Waals surface area contributed by atoms with Crippen molar-refractivity contribution in [3.8, 4) is 0 Å². The standard InChI is InChI=1S/C22H21BrN4OS2/c23-15-13-19(30-14-15)21-20(18-3-1-2-8-24-18)25-22(29)27(21)17-6-4-16(5-7-17)26-9-11-28-12-10-26/h1-8,13-14,20-21H,9-12H2,(H,25,29)/t20-,21+/m0/s1. The Morgan fingerprint density at radius 3 is 2.53 bits per heavy atom. The molecule has 8 heteroatoms. The van der Waals surface area contributed by atoms with Crippen molar-refractivity contribution in [2.45, 2.75) is 12.1 Å². The first-order valence-electron chi connectivity index (χ1n) is 9.88. The second-order valence-corrected chi connectivity index (χ2v) is 9.52. The Hall–Kier alpha value is -2.00. The van der Waals surface area contributed by atoms with Gasteiger partial charge in [0.2, 0.25) is 0 Å². The van der Waals surface area contributed by atoms with Gasteiger partial charge in [0.05, 0.1) is 31.0 Å². The van der Waals surface area contributed by atoms with Crippen LogP contribution >= 0.6 is 39.5 Å². The van der Waals surface area contributed by atoms with Gasteiger partial charge in [0.1, 0.15) is 0 Å². The summed E-state index contributed by atoms with van der Waals surface area (Å²) in [5.41, 5.74) is 3.29. The van der Waals surface area contributed by atoms with Crippen molar-refractivity contribution in [1.82, 2.24) is 10.3 Å². The predicted molar refractivity (Wildman–Crippen MR) is 129 cm³/mol. The summed E-state index contributed by atoms with van der Waals surface area (Å²) in [5.74, 6) is 0. The maximum Gasteiger partial charge on any atom is 0.174 e. The summed E-state index contributed by atoms with van der Waals surface area (Å²) < 4.78 is 6.56. The van der Waals surface area contributed by atoms with Crippen LogP contribution in [0.1, 0.15) is 22.7 Å². The lowest BCUT2D eigenvalue weighted by atomic mass is 10.0. The number of pyridine rings is 1. The Morgan fingerprint density at radius 1 is 1.10 bits per heavy atom. The number of nitrogens with one attached hydrogen (secondary N) is 1. The first-order valence-corrected chi connectivity index (χ1v) is 12.0. The molecule has 0 amide bonds. The quantitative estimate of drug-likeness (QED) is 0.512. The molecule has 2 aliphatic heterocycles. The van der Waals surface area contributed by atoms with E-state index in [1.807, 2.05) is 18.3 Å². The Bertz CT molecular complexity index is 1020. The van der Waals surface area contributed by atoms with Gasteiger partial charge in [-0.05, 0) is 70.6 Å². The van der Waals surface area contributed by atoms with E-state index in [1.165, 1.54) is 10.6 Å². The van der Waals surface area contributed by atoms with Crippen LogP contribution in [0.5, 0.6) is 0 Å². The van der Waals surface area contributed by atoms with E-state index in [2.05, 4.69) is 77.8 Å². The molecular formula is C22H21BrN4OS2. The van der Waals surface area contributed by atoms with Gasteiger partial charge in [0.25, 0.3) is 0 Å². The van der Waals surface area contributed by atoms with E-state index in [1.54, 1.807) is 11.3 Å². The second-order valence-electron chi connectivity index (χ2n) is 7.28. The Labute approximate surface area is 193 Å². The van der Waals surface area contributed by atoms with E-state index in [0.29, 0.717) is 0 Å². The van der Waals surface area contributed by atoms with Crippen LogP contribution in [0.2, 0.25) is 0 Å². The van der Waals surface area contributed by atoms with E-state index < -0.39 is 0 Å². The normalized spacial score (nSPS) is 21.7. The van der Waals surface area contributed by atoms with E-state index in [-0.39, 0.29) is 12.1 Å². The van der Waals surface area contributed by atoms with Crippen LogP contribution < -0.4 is 15.1 Å². The van der Waals surface area contributed by atoms with E-state index in [9.17, 15) is 0 Å². The van der Waals surface area contributed by atoms with Crippen molar-refractivity contribution in [3.63, 3.8) is 0 Å². The van der Waals surface area contributed by atoms with Crippen LogP contribution in [0.15, 0.2) is 64.6 Å². The molecule has 3 aromatic rings. The number of halogens is 1. The van der Waals surface area contributed by atoms with Crippen LogP contribution in [-0.2, 0) is 4.74 Å². The van der Waals surface area contributed by atoms with Gasteiger partial charge in [-0.2, -0.15) is 0 Å². The molecule has 0 spiro atoms. The molecule has 4 heterocycles. The molecule has 0 bridgehead atoms. The molecule has 0 unspecified atom stereocenters. The summed E-state index contributed by atoms with van der Waals surface area (Å²) in [4.78, 5) is 10.4. The summed E-state index contributed by atoms with van der Waals surface area (Å²) >= 11 is 11.1. The number of thiophene rings is 1. The molecule has 2 aliphatic rings. The lowest BCUT2D eigenvalue weighted by molar-refractivity contribution is 0.122. The third-order valence-electron chi connectivity index (χ3n) is 5.48. The van der Waals surface area contributed by atoms with Gasteiger partial charge in [0.15, 0.2) is 5.11 Å². The van der Waals surface area contributed by atoms with E-state index in [4.69, 9.17) is 17.0 Å². The zero-order valence-electron chi connectivity index (χ0n) is 16.2.